The number of imide groups is 1. The summed E-state index contributed by atoms with van der Waals surface area (Å²) in [4.78, 5) is 38.8. The fourth-order valence-electron chi connectivity index (χ4n) is 2.91. The van der Waals surface area contributed by atoms with Crippen LogP contribution in [0.3, 0.4) is 0 Å². The molecule has 0 spiro atoms. The van der Waals surface area contributed by atoms with E-state index < -0.39 is 23.8 Å². The Hall–Kier alpha value is -2.37. The predicted molar refractivity (Wildman–Crippen MR) is 101 cm³/mol. The highest BCUT2D eigenvalue weighted by molar-refractivity contribution is 6.43. The molecule has 0 saturated carbocycles. The van der Waals surface area contributed by atoms with Crippen molar-refractivity contribution in [3.05, 3.63) is 63.1 Å². The molecule has 0 fully saturated rings. The summed E-state index contributed by atoms with van der Waals surface area (Å²) >= 11 is 11.9. The summed E-state index contributed by atoms with van der Waals surface area (Å²) in [5.41, 5.74) is 1.93. The molecule has 0 aliphatic carbocycles. The van der Waals surface area contributed by atoms with E-state index in [0.29, 0.717) is 5.69 Å². The third kappa shape index (κ3) is 3.08. The average molecular weight is 391 g/mol. The minimum atomic E-state index is -0.982. The van der Waals surface area contributed by atoms with Crippen molar-refractivity contribution < 1.29 is 14.4 Å². The third-order valence-corrected chi connectivity index (χ3v) is 5.10. The lowest BCUT2D eigenvalue weighted by Gasteiger charge is -2.22. The number of rotatable bonds is 4. The Labute approximate surface area is 160 Å². The molecule has 1 heterocycles. The Balaban J connectivity index is 1.86. The zero-order valence-electron chi connectivity index (χ0n) is 14.2. The molecule has 5 nitrogen and oxygen atoms in total. The summed E-state index contributed by atoms with van der Waals surface area (Å²) < 4.78 is 0. The average Bonchev–Trinajstić information content (AvgIpc) is 2.85. The predicted octanol–water partition coefficient (Wildman–Crippen LogP) is 4.18. The Kier molecular flexibility index (Phi) is 5.03. The molecule has 1 atom stereocenters. The van der Waals surface area contributed by atoms with Crippen LogP contribution in [-0.4, -0.2) is 28.7 Å². The van der Waals surface area contributed by atoms with Crippen molar-refractivity contribution in [2.75, 3.05) is 5.32 Å². The van der Waals surface area contributed by atoms with Crippen molar-refractivity contribution in [2.45, 2.75) is 26.3 Å². The summed E-state index contributed by atoms with van der Waals surface area (Å²) in [6.45, 7) is 3.49. The quantitative estimate of drug-likeness (QED) is 0.796. The largest absolute Gasteiger partial charge is 0.324 e. The summed E-state index contributed by atoms with van der Waals surface area (Å²) in [6.07, 6.45) is 0.745. The molecule has 0 bridgehead atoms. The number of hydrogen-bond acceptors (Lipinski definition) is 3. The zero-order chi connectivity index (χ0) is 19.0. The first-order chi connectivity index (χ1) is 12.3. The number of halogens is 2. The van der Waals surface area contributed by atoms with E-state index in [1.54, 1.807) is 6.07 Å². The molecule has 0 unspecified atom stereocenters. The SMILES string of the molecule is CCc1ccccc1NC(=O)[C@H](C)N1C(=O)c2cc(Cl)c(Cl)cc2C1=O. The Morgan fingerprint density at radius 3 is 2.15 bits per heavy atom. The number of fused-ring (bicyclic) bond motifs is 1. The molecule has 1 aliphatic rings. The highest BCUT2D eigenvalue weighted by Gasteiger charge is 2.41. The van der Waals surface area contributed by atoms with E-state index in [-0.39, 0.29) is 21.2 Å². The molecule has 1 aliphatic heterocycles. The van der Waals surface area contributed by atoms with E-state index in [2.05, 4.69) is 5.32 Å². The van der Waals surface area contributed by atoms with Gasteiger partial charge in [-0.1, -0.05) is 48.3 Å². The van der Waals surface area contributed by atoms with Crippen LogP contribution in [-0.2, 0) is 11.2 Å². The number of aryl methyl sites for hydroxylation is 1. The van der Waals surface area contributed by atoms with Crippen LogP contribution in [0.5, 0.6) is 0 Å². The van der Waals surface area contributed by atoms with Crippen LogP contribution in [0.1, 0.15) is 40.1 Å². The van der Waals surface area contributed by atoms with Gasteiger partial charge in [0.15, 0.2) is 0 Å². The minimum absolute atomic E-state index is 0.151. The van der Waals surface area contributed by atoms with Crippen LogP contribution in [0.4, 0.5) is 5.69 Å². The van der Waals surface area contributed by atoms with Gasteiger partial charge in [0.25, 0.3) is 11.8 Å². The van der Waals surface area contributed by atoms with E-state index in [0.717, 1.165) is 16.9 Å². The third-order valence-electron chi connectivity index (χ3n) is 4.38. The van der Waals surface area contributed by atoms with Crippen LogP contribution < -0.4 is 5.32 Å². The van der Waals surface area contributed by atoms with Gasteiger partial charge in [-0.25, -0.2) is 0 Å². The molecule has 0 saturated heterocycles. The van der Waals surface area contributed by atoms with Gasteiger partial charge in [-0.2, -0.15) is 0 Å². The monoisotopic (exact) mass is 390 g/mol. The summed E-state index contributed by atoms with van der Waals surface area (Å²) in [5, 5.41) is 3.16. The Morgan fingerprint density at radius 1 is 1.08 bits per heavy atom. The molecule has 0 radical (unpaired) electrons. The zero-order valence-corrected chi connectivity index (χ0v) is 15.7. The molecule has 3 amide bonds. The molecule has 134 valence electrons. The second kappa shape index (κ2) is 7.09. The normalized spacial score (nSPS) is 14.4. The first-order valence-electron chi connectivity index (χ1n) is 8.10. The first-order valence-corrected chi connectivity index (χ1v) is 8.86. The maximum Gasteiger partial charge on any atom is 0.262 e. The summed E-state index contributed by atoms with van der Waals surface area (Å²) in [5.74, 6) is -1.57. The van der Waals surface area contributed by atoms with E-state index in [4.69, 9.17) is 23.2 Å². The number of nitrogens with one attached hydrogen (secondary N) is 1. The summed E-state index contributed by atoms with van der Waals surface area (Å²) in [7, 11) is 0. The molecule has 0 aromatic heterocycles. The van der Waals surface area contributed by atoms with Gasteiger partial charge in [-0.3, -0.25) is 19.3 Å². The van der Waals surface area contributed by atoms with Crippen molar-refractivity contribution in [3.63, 3.8) is 0 Å². The number of carbonyl (C=O) groups excluding carboxylic acids is 3. The minimum Gasteiger partial charge on any atom is -0.324 e. The van der Waals surface area contributed by atoms with Gasteiger partial charge < -0.3 is 5.32 Å². The molecule has 3 rings (SSSR count). The molecular formula is C19H16Cl2N2O3. The van der Waals surface area contributed by atoms with E-state index in [1.165, 1.54) is 19.1 Å². The topological polar surface area (TPSA) is 66.5 Å². The summed E-state index contributed by atoms with van der Waals surface area (Å²) in [6, 6.07) is 9.12. The van der Waals surface area contributed by atoms with Gasteiger partial charge in [0, 0.05) is 5.69 Å². The molecule has 2 aromatic rings. The second-order valence-electron chi connectivity index (χ2n) is 5.97. The smallest absolute Gasteiger partial charge is 0.262 e. The fraction of sp³-hybridized carbons (Fsp3) is 0.211. The number of amides is 3. The molecular weight excluding hydrogens is 375 g/mol. The maximum atomic E-state index is 12.6. The highest BCUT2D eigenvalue weighted by atomic mass is 35.5. The van der Waals surface area contributed by atoms with Crippen LogP contribution in [0.2, 0.25) is 10.0 Å². The van der Waals surface area contributed by atoms with E-state index in [1.807, 2.05) is 25.1 Å². The van der Waals surface area contributed by atoms with Gasteiger partial charge in [-0.05, 0) is 37.1 Å². The Bertz CT molecular complexity index is 886. The van der Waals surface area contributed by atoms with Crippen molar-refractivity contribution in [1.82, 2.24) is 4.90 Å². The number of anilines is 1. The highest BCUT2D eigenvalue weighted by Crippen LogP contribution is 2.32. The second-order valence-corrected chi connectivity index (χ2v) is 6.78. The van der Waals surface area contributed by atoms with Crippen LogP contribution in [0.25, 0.3) is 0 Å². The van der Waals surface area contributed by atoms with Crippen LogP contribution >= 0.6 is 23.2 Å². The number of carbonyl (C=O) groups is 3. The molecule has 2 aromatic carbocycles. The number of nitrogens with zero attached hydrogens (tertiary/aromatic N) is 1. The first kappa shape index (κ1) is 18.4. The standard InChI is InChI=1S/C19H16Cl2N2O3/c1-3-11-6-4-5-7-16(11)22-17(24)10(2)23-18(25)12-8-14(20)15(21)9-13(12)19(23)26/h4-10H,3H2,1-2H3,(H,22,24)/t10-/m0/s1. The lowest BCUT2D eigenvalue weighted by atomic mass is 10.1. The van der Waals surface area contributed by atoms with Crippen molar-refractivity contribution in [3.8, 4) is 0 Å². The maximum absolute atomic E-state index is 12.6. The number of para-hydroxylation sites is 1. The van der Waals surface area contributed by atoms with Gasteiger partial charge in [-0.15, -0.1) is 0 Å². The van der Waals surface area contributed by atoms with Crippen molar-refractivity contribution >= 4 is 46.6 Å². The van der Waals surface area contributed by atoms with E-state index in [9.17, 15) is 14.4 Å². The van der Waals surface area contributed by atoms with Crippen molar-refractivity contribution in [2.24, 2.45) is 0 Å². The van der Waals surface area contributed by atoms with Gasteiger partial charge in [0.1, 0.15) is 6.04 Å². The number of benzene rings is 2. The lowest BCUT2D eigenvalue weighted by molar-refractivity contribution is -0.119. The fourth-order valence-corrected chi connectivity index (χ4v) is 3.24. The van der Waals surface area contributed by atoms with E-state index >= 15 is 0 Å². The lowest BCUT2D eigenvalue weighted by Crippen LogP contribution is -2.45. The Morgan fingerprint density at radius 2 is 1.62 bits per heavy atom. The van der Waals surface area contributed by atoms with Gasteiger partial charge in [0.2, 0.25) is 5.91 Å². The molecule has 26 heavy (non-hydrogen) atoms. The van der Waals surface area contributed by atoms with Crippen LogP contribution in [0, 0.1) is 0 Å². The van der Waals surface area contributed by atoms with Gasteiger partial charge >= 0.3 is 0 Å². The number of hydrogen-bond donors (Lipinski definition) is 1. The van der Waals surface area contributed by atoms with Crippen LogP contribution in [0.15, 0.2) is 36.4 Å². The molecule has 1 N–H and O–H groups in total. The molecule has 7 heteroatoms. The van der Waals surface area contributed by atoms with Gasteiger partial charge in [0.05, 0.1) is 21.2 Å². The van der Waals surface area contributed by atoms with Crippen molar-refractivity contribution in [1.29, 1.82) is 0 Å².